The van der Waals surface area contributed by atoms with E-state index in [4.69, 9.17) is 0 Å². The average Bonchev–Trinajstić information content (AvgIpc) is 2.71. The van der Waals surface area contributed by atoms with Crippen LogP contribution in [0.15, 0.2) is 45.8 Å². The Balaban J connectivity index is 2.22. The van der Waals surface area contributed by atoms with Crippen molar-refractivity contribution in [1.29, 1.82) is 5.26 Å². The van der Waals surface area contributed by atoms with Crippen LogP contribution in [-0.4, -0.2) is 4.75 Å². The van der Waals surface area contributed by atoms with E-state index in [9.17, 15) is 5.26 Å². The maximum Gasteiger partial charge on any atom is 0.114 e. The van der Waals surface area contributed by atoms with Crippen molar-refractivity contribution in [2.24, 2.45) is 0 Å². The minimum atomic E-state index is -0.288. The molecule has 0 saturated heterocycles. The molecule has 0 N–H and O–H groups in total. The Labute approximate surface area is 102 Å². The van der Waals surface area contributed by atoms with Crippen LogP contribution >= 0.6 is 27.7 Å². The van der Waals surface area contributed by atoms with Gasteiger partial charge in [-0.3, -0.25) is 0 Å². The first kappa shape index (κ1) is 10.8. The summed E-state index contributed by atoms with van der Waals surface area (Å²) in [6.45, 7) is 0. The zero-order valence-electron chi connectivity index (χ0n) is 8.11. The van der Waals surface area contributed by atoms with Gasteiger partial charge >= 0.3 is 0 Å². The van der Waals surface area contributed by atoms with Crippen LogP contribution in [0, 0.1) is 11.3 Å². The monoisotopic (exact) mass is 279 g/mol. The maximum absolute atomic E-state index is 9.24. The van der Waals surface area contributed by atoms with E-state index in [2.05, 4.69) is 34.2 Å². The van der Waals surface area contributed by atoms with Gasteiger partial charge in [0.2, 0.25) is 0 Å². The second-order valence-corrected chi connectivity index (χ2v) is 5.80. The number of nitrogens with zero attached hydrogens (tertiary/aromatic N) is 1. The molecule has 1 aliphatic carbocycles. The van der Waals surface area contributed by atoms with Crippen molar-refractivity contribution in [2.45, 2.75) is 22.5 Å². The standard InChI is InChI=1S/C12H10BrNS/c13-10-5-1-2-6-11(10)15-12(9-14)7-3-4-8-12/h1-6H,7-8H2. The van der Waals surface area contributed by atoms with Crippen LogP contribution in [-0.2, 0) is 0 Å². The molecule has 0 bridgehead atoms. The number of allylic oxidation sites excluding steroid dienone is 2. The Kier molecular flexibility index (Phi) is 3.18. The van der Waals surface area contributed by atoms with Crippen LogP contribution < -0.4 is 0 Å². The highest BCUT2D eigenvalue weighted by molar-refractivity contribution is 9.10. The minimum absolute atomic E-state index is 0.288. The molecule has 2 rings (SSSR count). The van der Waals surface area contributed by atoms with E-state index < -0.39 is 0 Å². The van der Waals surface area contributed by atoms with Crippen molar-refractivity contribution in [3.05, 3.63) is 40.9 Å². The Bertz CT molecular complexity index is 425. The lowest BCUT2D eigenvalue weighted by Crippen LogP contribution is -2.17. The second-order valence-electron chi connectivity index (χ2n) is 3.52. The topological polar surface area (TPSA) is 23.8 Å². The summed E-state index contributed by atoms with van der Waals surface area (Å²) >= 11 is 5.16. The normalized spacial score (nSPS) is 17.6. The van der Waals surface area contributed by atoms with Crippen LogP contribution in [0.4, 0.5) is 0 Å². The number of hydrogen-bond donors (Lipinski definition) is 0. The second kappa shape index (κ2) is 4.42. The molecule has 0 saturated carbocycles. The molecule has 1 aliphatic rings. The quantitative estimate of drug-likeness (QED) is 0.760. The summed E-state index contributed by atoms with van der Waals surface area (Å²) in [7, 11) is 0. The molecule has 1 aromatic rings. The molecular weight excluding hydrogens is 270 g/mol. The SMILES string of the molecule is N#CC1(Sc2ccccc2Br)CC=CC1. The molecule has 0 radical (unpaired) electrons. The summed E-state index contributed by atoms with van der Waals surface area (Å²) in [5.41, 5.74) is 0. The van der Waals surface area contributed by atoms with Gasteiger partial charge in [-0.1, -0.05) is 24.3 Å². The van der Waals surface area contributed by atoms with E-state index in [0.717, 1.165) is 22.2 Å². The molecule has 0 aromatic heterocycles. The Morgan fingerprint density at radius 3 is 2.53 bits per heavy atom. The summed E-state index contributed by atoms with van der Waals surface area (Å²) < 4.78 is 0.778. The summed E-state index contributed by atoms with van der Waals surface area (Å²) in [5.74, 6) is 0. The van der Waals surface area contributed by atoms with Gasteiger partial charge in [-0.2, -0.15) is 5.26 Å². The van der Waals surface area contributed by atoms with Crippen molar-refractivity contribution in [3.63, 3.8) is 0 Å². The largest absolute Gasteiger partial charge is 0.197 e. The highest BCUT2D eigenvalue weighted by Gasteiger charge is 2.32. The van der Waals surface area contributed by atoms with E-state index in [1.165, 1.54) is 0 Å². The lowest BCUT2D eigenvalue weighted by atomic mass is 10.1. The molecule has 0 amide bonds. The molecule has 0 atom stereocenters. The van der Waals surface area contributed by atoms with Crippen molar-refractivity contribution in [3.8, 4) is 6.07 Å². The molecule has 0 spiro atoms. The van der Waals surface area contributed by atoms with Gasteiger partial charge in [-0.05, 0) is 40.9 Å². The molecule has 1 nitrogen and oxygen atoms in total. The molecule has 15 heavy (non-hydrogen) atoms. The molecule has 76 valence electrons. The molecule has 3 heteroatoms. The van der Waals surface area contributed by atoms with Crippen LogP contribution in [0.2, 0.25) is 0 Å². The van der Waals surface area contributed by atoms with Crippen LogP contribution in [0.3, 0.4) is 0 Å². The molecule has 0 fully saturated rings. The Morgan fingerprint density at radius 1 is 1.27 bits per heavy atom. The van der Waals surface area contributed by atoms with Gasteiger partial charge in [0.25, 0.3) is 0 Å². The van der Waals surface area contributed by atoms with E-state index in [0.29, 0.717) is 0 Å². The van der Waals surface area contributed by atoms with Crippen LogP contribution in [0.25, 0.3) is 0 Å². The van der Waals surface area contributed by atoms with E-state index in [1.807, 2.05) is 24.3 Å². The van der Waals surface area contributed by atoms with Gasteiger partial charge in [-0.15, -0.1) is 11.8 Å². The summed E-state index contributed by atoms with van der Waals surface area (Å²) in [6, 6.07) is 10.5. The van der Waals surface area contributed by atoms with Crippen LogP contribution in [0.5, 0.6) is 0 Å². The third kappa shape index (κ3) is 2.27. The van der Waals surface area contributed by atoms with Gasteiger partial charge in [0.05, 0.1) is 6.07 Å². The van der Waals surface area contributed by atoms with E-state index >= 15 is 0 Å². The zero-order valence-corrected chi connectivity index (χ0v) is 10.5. The number of nitriles is 1. The van der Waals surface area contributed by atoms with Gasteiger partial charge in [-0.25, -0.2) is 0 Å². The summed E-state index contributed by atoms with van der Waals surface area (Å²) in [5, 5.41) is 9.24. The smallest absolute Gasteiger partial charge is 0.114 e. The molecule has 0 unspecified atom stereocenters. The fourth-order valence-corrected chi connectivity index (χ4v) is 3.23. The summed E-state index contributed by atoms with van der Waals surface area (Å²) in [4.78, 5) is 1.14. The fourth-order valence-electron chi connectivity index (χ4n) is 1.57. The predicted octanol–water partition coefficient (Wildman–Crippen LogP) is 4.15. The van der Waals surface area contributed by atoms with Gasteiger partial charge in [0, 0.05) is 9.37 Å². The molecular formula is C12H10BrNS. The summed E-state index contributed by atoms with van der Waals surface area (Å²) in [6.07, 6.45) is 5.87. The highest BCUT2D eigenvalue weighted by atomic mass is 79.9. The fraction of sp³-hybridized carbons (Fsp3) is 0.250. The first-order valence-electron chi connectivity index (χ1n) is 4.76. The lowest BCUT2D eigenvalue weighted by molar-refractivity contribution is 0.792. The van der Waals surface area contributed by atoms with E-state index in [-0.39, 0.29) is 4.75 Å². The predicted molar refractivity (Wildman–Crippen MR) is 66.7 cm³/mol. The number of halogens is 1. The average molecular weight is 280 g/mol. The maximum atomic E-state index is 9.24. The lowest BCUT2D eigenvalue weighted by Gasteiger charge is -2.19. The minimum Gasteiger partial charge on any atom is -0.197 e. The number of hydrogen-bond acceptors (Lipinski definition) is 2. The molecule has 0 heterocycles. The van der Waals surface area contributed by atoms with Gasteiger partial charge in [0.1, 0.15) is 4.75 Å². The van der Waals surface area contributed by atoms with Gasteiger partial charge in [0.15, 0.2) is 0 Å². The highest BCUT2D eigenvalue weighted by Crippen LogP contribution is 2.43. The van der Waals surface area contributed by atoms with Crippen LogP contribution in [0.1, 0.15) is 12.8 Å². The molecule has 0 aliphatic heterocycles. The number of benzene rings is 1. The number of thioether (sulfide) groups is 1. The Hall–Kier alpha value is -0.720. The van der Waals surface area contributed by atoms with Crippen molar-refractivity contribution in [2.75, 3.05) is 0 Å². The number of rotatable bonds is 2. The first-order chi connectivity index (χ1) is 7.26. The van der Waals surface area contributed by atoms with E-state index in [1.54, 1.807) is 11.8 Å². The third-order valence-corrected chi connectivity index (χ3v) is 4.75. The zero-order chi connectivity index (χ0) is 10.7. The Morgan fingerprint density at radius 2 is 1.93 bits per heavy atom. The molecule has 1 aromatic carbocycles. The first-order valence-corrected chi connectivity index (χ1v) is 6.36. The van der Waals surface area contributed by atoms with Crippen molar-refractivity contribution >= 4 is 27.7 Å². The van der Waals surface area contributed by atoms with Crippen molar-refractivity contribution in [1.82, 2.24) is 0 Å². The third-order valence-electron chi connectivity index (χ3n) is 2.41. The van der Waals surface area contributed by atoms with Crippen molar-refractivity contribution < 1.29 is 0 Å². The van der Waals surface area contributed by atoms with Gasteiger partial charge < -0.3 is 0 Å².